The summed E-state index contributed by atoms with van der Waals surface area (Å²) in [5.41, 5.74) is 1.97. The van der Waals surface area contributed by atoms with E-state index in [1.165, 1.54) is 6.08 Å². The lowest BCUT2D eigenvalue weighted by Crippen LogP contribution is -2.15. The fourth-order valence-corrected chi connectivity index (χ4v) is 2.04. The van der Waals surface area contributed by atoms with E-state index in [4.69, 9.17) is 0 Å². The summed E-state index contributed by atoms with van der Waals surface area (Å²) in [6.07, 6.45) is 4.70. The predicted octanol–water partition coefficient (Wildman–Crippen LogP) is 3.08. The normalized spacial score (nSPS) is 10.6. The molecule has 22 heavy (non-hydrogen) atoms. The van der Waals surface area contributed by atoms with Gasteiger partial charge < -0.3 is 5.32 Å². The molecule has 0 unspecified atom stereocenters. The molecule has 0 saturated carbocycles. The molecule has 0 atom stereocenters. The second-order valence-electron chi connectivity index (χ2n) is 4.81. The van der Waals surface area contributed by atoms with Crippen LogP contribution in [0.25, 0.3) is 6.08 Å². The number of hydrogen-bond acceptors (Lipinski definition) is 4. The molecule has 1 N–H and O–H groups in total. The molecule has 4 nitrogen and oxygen atoms in total. The average molecular weight is 294 g/mol. The monoisotopic (exact) mass is 294 g/mol. The van der Waals surface area contributed by atoms with Crippen LogP contribution in [0.4, 0.5) is 5.69 Å². The van der Waals surface area contributed by atoms with E-state index in [1.54, 1.807) is 36.5 Å². The maximum absolute atomic E-state index is 12.3. The summed E-state index contributed by atoms with van der Waals surface area (Å²) in [5.74, 6) is -0.328. The third-order valence-corrected chi connectivity index (χ3v) is 3.20. The van der Waals surface area contributed by atoms with Crippen molar-refractivity contribution in [1.29, 1.82) is 0 Å². The van der Waals surface area contributed by atoms with E-state index in [2.05, 4.69) is 10.3 Å². The van der Waals surface area contributed by atoms with Crippen molar-refractivity contribution in [2.45, 2.75) is 13.8 Å². The van der Waals surface area contributed by atoms with Crippen molar-refractivity contribution in [1.82, 2.24) is 4.98 Å². The topological polar surface area (TPSA) is 59.1 Å². The van der Waals surface area contributed by atoms with Gasteiger partial charge in [0.25, 0.3) is 0 Å². The smallest absolute Gasteiger partial charge is 0.212 e. The largest absolute Gasteiger partial charge is 0.382 e. The van der Waals surface area contributed by atoms with E-state index in [9.17, 15) is 9.59 Å². The number of nitrogens with zero attached hydrogens (tertiary/aromatic N) is 1. The molecule has 0 aliphatic rings. The van der Waals surface area contributed by atoms with Crippen LogP contribution in [-0.2, 0) is 0 Å². The maximum Gasteiger partial charge on any atom is 0.212 e. The molecule has 2 aromatic rings. The fraction of sp³-hybridized carbons (Fsp3) is 0.167. The van der Waals surface area contributed by atoms with Crippen LogP contribution in [0.5, 0.6) is 0 Å². The Morgan fingerprint density at radius 1 is 1.23 bits per heavy atom. The minimum absolute atomic E-state index is 0.144. The van der Waals surface area contributed by atoms with E-state index in [0.29, 0.717) is 12.2 Å². The molecule has 1 aromatic heterocycles. The first-order valence-electron chi connectivity index (χ1n) is 7.14. The lowest BCUT2D eigenvalue weighted by Gasteiger charge is -1.99. The van der Waals surface area contributed by atoms with E-state index >= 15 is 0 Å². The predicted molar refractivity (Wildman–Crippen MR) is 89.2 cm³/mol. The second kappa shape index (κ2) is 7.31. The van der Waals surface area contributed by atoms with Gasteiger partial charge in [-0.05, 0) is 49.8 Å². The standard InChI is InChI=1S/C18H18N2O2/c1-3-19-16-9-5-4-8-14(18(16)22)17(21)11-10-15-13(2)7-6-12-20-15/h4-12H,3H2,1-2H3,(H,19,22). The Bertz CT molecular complexity index is 767. The van der Waals surface area contributed by atoms with Gasteiger partial charge in [-0.2, -0.15) is 0 Å². The molecule has 0 spiro atoms. The molecule has 1 aromatic carbocycles. The van der Waals surface area contributed by atoms with Crippen LogP contribution < -0.4 is 10.7 Å². The van der Waals surface area contributed by atoms with E-state index < -0.39 is 0 Å². The van der Waals surface area contributed by atoms with Gasteiger partial charge >= 0.3 is 0 Å². The van der Waals surface area contributed by atoms with Crippen LogP contribution in [0.3, 0.4) is 0 Å². The van der Waals surface area contributed by atoms with Crippen molar-refractivity contribution in [2.24, 2.45) is 0 Å². The zero-order valence-corrected chi connectivity index (χ0v) is 12.7. The summed E-state index contributed by atoms with van der Waals surface area (Å²) in [5, 5.41) is 2.97. The second-order valence-corrected chi connectivity index (χ2v) is 4.81. The third-order valence-electron chi connectivity index (χ3n) is 3.20. The molecule has 0 amide bonds. The summed E-state index contributed by atoms with van der Waals surface area (Å²) in [4.78, 5) is 28.8. The molecule has 0 fully saturated rings. The molecule has 0 bridgehead atoms. The first-order chi connectivity index (χ1) is 10.6. The Morgan fingerprint density at radius 3 is 2.73 bits per heavy atom. The molecule has 112 valence electrons. The van der Waals surface area contributed by atoms with Gasteiger partial charge in [-0.15, -0.1) is 0 Å². The number of aromatic nitrogens is 1. The fourth-order valence-electron chi connectivity index (χ4n) is 2.04. The number of aryl methyl sites for hydroxylation is 1. The van der Waals surface area contributed by atoms with Crippen LogP contribution in [0.1, 0.15) is 28.5 Å². The lowest BCUT2D eigenvalue weighted by atomic mass is 10.1. The highest BCUT2D eigenvalue weighted by Gasteiger charge is 2.09. The van der Waals surface area contributed by atoms with Gasteiger partial charge in [0.2, 0.25) is 5.43 Å². The van der Waals surface area contributed by atoms with Crippen molar-refractivity contribution in [3.63, 3.8) is 0 Å². The van der Waals surface area contributed by atoms with Gasteiger partial charge in [-0.3, -0.25) is 14.6 Å². The van der Waals surface area contributed by atoms with E-state index in [1.807, 2.05) is 26.0 Å². The van der Waals surface area contributed by atoms with Crippen LogP contribution >= 0.6 is 0 Å². The minimum atomic E-state index is -0.328. The molecule has 0 aliphatic heterocycles. The van der Waals surface area contributed by atoms with Gasteiger partial charge in [0.15, 0.2) is 5.78 Å². The number of pyridine rings is 1. The number of carbonyl (C=O) groups is 1. The molecular weight excluding hydrogens is 276 g/mol. The SMILES string of the molecule is CCNc1ccccc(C(=O)C=Cc2ncccc2C)c1=O. The van der Waals surface area contributed by atoms with Gasteiger partial charge in [0, 0.05) is 12.7 Å². The Labute approximate surface area is 129 Å². The summed E-state index contributed by atoms with van der Waals surface area (Å²) in [6.45, 7) is 4.44. The van der Waals surface area contributed by atoms with Crippen molar-refractivity contribution in [2.75, 3.05) is 11.9 Å². The summed E-state index contributed by atoms with van der Waals surface area (Å²) in [7, 11) is 0. The molecule has 0 saturated heterocycles. The maximum atomic E-state index is 12.3. The Hall–Kier alpha value is -2.75. The van der Waals surface area contributed by atoms with Gasteiger partial charge in [0.05, 0.1) is 16.9 Å². The zero-order valence-electron chi connectivity index (χ0n) is 12.7. The Balaban J connectivity index is 2.35. The highest BCUT2D eigenvalue weighted by Crippen LogP contribution is 2.07. The first kappa shape index (κ1) is 15.6. The number of nitrogens with one attached hydrogen (secondary N) is 1. The Morgan fingerprint density at radius 2 is 2.00 bits per heavy atom. The van der Waals surface area contributed by atoms with Crippen LogP contribution in [0.2, 0.25) is 0 Å². The molecule has 0 aliphatic carbocycles. The number of rotatable bonds is 5. The van der Waals surface area contributed by atoms with Gasteiger partial charge in [-0.25, -0.2) is 0 Å². The lowest BCUT2D eigenvalue weighted by molar-refractivity contribution is 0.104. The molecule has 2 rings (SSSR count). The van der Waals surface area contributed by atoms with Crippen LogP contribution in [-0.4, -0.2) is 17.3 Å². The van der Waals surface area contributed by atoms with E-state index in [0.717, 1.165) is 11.3 Å². The first-order valence-corrected chi connectivity index (χ1v) is 7.14. The minimum Gasteiger partial charge on any atom is -0.382 e. The van der Waals surface area contributed by atoms with E-state index in [-0.39, 0.29) is 16.8 Å². The molecule has 1 heterocycles. The summed E-state index contributed by atoms with van der Waals surface area (Å²) in [6, 6.07) is 10.4. The van der Waals surface area contributed by atoms with Gasteiger partial charge in [0.1, 0.15) is 0 Å². The number of ketones is 1. The van der Waals surface area contributed by atoms with Crippen LogP contribution in [0.15, 0.2) is 53.5 Å². The summed E-state index contributed by atoms with van der Waals surface area (Å²) < 4.78 is 0. The molecule has 0 radical (unpaired) electrons. The summed E-state index contributed by atoms with van der Waals surface area (Å²) >= 11 is 0. The van der Waals surface area contributed by atoms with Crippen molar-refractivity contribution in [3.05, 3.63) is 75.7 Å². The van der Waals surface area contributed by atoms with Crippen LogP contribution in [0, 0.1) is 6.92 Å². The molecule has 4 heteroatoms. The highest BCUT2D eigenvalue weighted by molar-refractivity contribution is 6.07. The number of allylic oxidation sites excluding steroid dienone is 1. The molecular formula is C18H18N2O2. The quantitative estimate of drug-likeness (QED) is 0.680. The zero-order chi connectivity index (χ0) is 15.9. The average Bonchev–Trinajstić information content (AvgIpc) is 2.69. The number of anilines is 1. The highest BCUT2D eigenvalue weighted by atomic mass is 16.1. The number of carbonyl (C=O) groups excluding carboxylic acids is 1. The van der Waals surface area contributed by atoms with Crippen molar-refractivity contribution < 1.29 is 4.79 Å². The number of hydrogen-bond donors (Lipinski definition) is 1. The third kappa shape index (κ3) is 3.67. The Kier molecular flexibility index (Phi) is 5.20. The van der Waals surface area contributed by atoms with Gasteiger partial charge in [-0.1, -0.05) is 18.2 Å². The van der Waals surface area contributed by atoms with Crippen molar-refractivity contribution in [3.8, 4) is 0 Å². The van der Waals surface area contributed by atoms with Crippen molar-refractivity contribution >= 4 is 17.5 Å².